The number of aliphatic hydroxyl groups is 1. The Morgan fingerprint density at radius 1 is 1.00 bits per heavy atom. The van der Waals surface area contributed by atoms with Gasteiger partial charge in [0, 0.05) is 6.61 Å². The van der Waals surface area contributed by atoms with E-state index >= 15 is 0 Å². The molecule has 1 fully saturated rings. The molecule has 0 aromatic carbocycles. The van der Waals surface area contributed by atoms with Gasteiger partial charge in [0.2, 0.25) is 0 Å². The van der Waals surface area contributed by atoms with Gasteiger partial charge < -0.3 is 14.6 Å². The Labute approximate surface area is 120 Å². The van der Waals surface area contributed by atoms with Crippen molar-refractivity contribution < 1.29 is 14.6 Å². The molecular formula is C17H18O3. The molecule has 1 rings (SSSR count). The van der Waals surface area contributed by atoms with Crippen molar-refractivity contribution in [3.05, 3.63) is 24.3 Å². The molecule has 0 aliphatic carbocycles. The van der Waals surface area contributed by atoms with E-state index in [1.807, 2.05) is 0 Å². The molecule has 1 atom stereocenters. The summed E-state index contributed by atoms with van der Waals surface area (Å²) in [7, 11) is 0. The zero-order valence-corrected chi connectivity index (χ0v) is 11.4. The molecule has 0 aromatic heterocycles. The topological polar surface area (TPSA) is 38.7 Å². The molecule has 0 aromatic rings. The van der Waals surface area contributed by atoms with Gasteiger partial charge in [-0.25, -0.2) is 0 Å². The third kappa shape index (κ3) is 9.03. The summed E-state index contributed by atoms with van der Waals surface area (Å²) in [5, 5.41) is 8.40. The molecule has 0 spiro atoms. The Balaban J connectivity index is 2.13. The van der Waals surface area contributed by atoms with Crippen LogP contribution in [0, 0.1) is 35.5 Å². The minimum absolute atomic E-state index is 0.0908. The zero-order chi connectivity index (χ0) is 14.3. The van der Waals surface area contributed by atoms with Crippen LogP contribution in [0.1, 0.15) is 19.3 Å². The van der Waals surface area contributed by atoms with Crippen LogP contribution in [0.25, 0.3) is 0 Å². The van der Waals surface area contributed by atoms with Gasteiger partial charge in [0.05, 0.1) is 0 Å². The van der Waals surface area contributed by atoms with E-state index in [2.05, 4.69) is 35.5 Å². The average molecular weight is 270 g/mol. The van der Waals surface area contributed by atoms with E-state index in [-0.39, 0.29) is 12.9 Å². The average Bonchev–Trinajstić information content (AvgIpc) is 2.49. The van der Waals surface area contributed by atoms with Crippen LogP contribution < -0.4 is 0 Å². The van der Waals surface area contributed by atoms with E-state index in [9.17, 15) is 0 Å². The molecule has 0 saturated carbocycles. The van der Waals surface area contributed by atoms with Crippen molar-refractivity contribution >= 4 is 0 Å². The van der Waals surface area contributed by atoms with Gasteiger partial charge in [-0.2, -0.15) is 0 Å². The second kappa shape index (κ2) is 12.1. The fraction of sp³-hybridized carbons (Fsp3) is 0.412. The highest BCUT2D eigenvalue weighted by molar-refractivity contribution is 5.31. The standard InChI is InChI=1S/C17H18O3/c18-14-10-7-5-3-1-2-4-6-8-11-15-19-17-13-9-12-16-20-17/h3-6,17-18H,9,12-16H2/b5-3-,6-4-. The van der Waals surface area contributed by atoms with Crippen LogP contribution in [-0.4, -0.2) is 31.2 Å². The molecule has 3 heteroatoms. The molecule has 0 radical (unpaired) electrons. The zero-order valence-electron chi connectivity index (χ0n) is 11.4. The highest BCUT2D eigenvalue weighted by Gasteiger charge is 2.12. The molecule has 104 valence electrons. The van der Waals surface area contributed by atoms with Gasteiger partial charge in [0.1, 0.15) is 13.2 Å². The summed E-state index contributed by atoms with van der Waals surface area (Å²) in [5.41, 5.74) is 0. The van der Waals surface area contributed by atoms with Crippen molar-refractivity contribution in [2.24, 2.45) is 0 Å². The van der Waals surface area contributed by atoms with Crippen molar-refractivity contribution in [1.29, 1.82) is 0 Å². The normalized spacial score (nSPS) is 17.8. The maximum Gasteiger partial charge on any atom is 0.158 e. The minimum Gasteiger partial charge on any atom is -0.384 e. The summed E-state index contributed by atoms with van der Waals surface area (Å²) in [5.74, 6) is 16.4. The second-order valence-corrected chi connectivity index (χ2v) is 3.86. The fourth-order valence-corrected chi connectivity index (χ4v) is 1.45. The third-order valence-electron chi connectivity index (χ3n) is 2.35. The predicted octanol–water partition coefficient (Wildman–Crippen LogP) is 1.64. The monoisotopic (exact) mass is 270 g/mol. The first-order valence-corrected chi connectivity index (χ1v) is 6.55. The van der Waals surface area contributed by atoms with E-state index in [4.69, 9.17) is 14.6 Å². The number of ether oxygens (including phenoxy) is 2. The van der Waals surface area contributed by atoms with Gasteiger partial charge in [0.25, 0.3) is 0 Å². The second-order valence-electron chi connectivity index (χ2n) is 3.86. The smallest absolute Gasteiger partial charge is 0.158 e. The van der Waals surface area contributed by atoms with Gasteiger partial charge in [-0.3, -0.25) is 0 Å². The lowest BCUT2D eigenvalue weighted by molar-refractivity contribution is -0.154. The maximum atomic E-state index is 8.40. The van der Waals surface area contributed by atoms with Gasteiger partial charge in [-0.15, -0.1) is 0 Å². The molecule has 1 saturated heterocycles. The van der Waals surface area contributed by atoms with Crippen LogP contribution in [0.15, 0.2) is 24.3 Å². The first kappa shape index (κ1) is 16.1. The summed E-state index contributed by atoms with van der Waals surface area (Å²) < 4.78 is 10.9. The Hall–Kier alpha value is -1.96. The Bertz CT molecular complexity index is 492. The van der Waals surface area contributed by atoms with Crippen LogP contribution in [0.4, 0.5) is 0 Å². The molecule has 1 N–H and O–H groups in total. The lowest BCUT2D eigenvalue weighted by Crippen LogP contribution is -2.22. The molecule has 1 unspecified atom stereocenters. The maximum absolute atomic E-state index is 8.40. The van der Waals surface area contributed by atoms with Crippen molar-refractivity contribution in [2.75, 3.05) is 19.8 Å². The summed E-state index contributed by atoms with van der Waals surface area (Å²) >= 11 is 0. The first-order chi connectivity index (χ1) is 9.93. The van der Waals surface area contributed by atoms with E-state index < -0.39 is 0 Å². The van der Waals surface area contributed by atoms with E-state index in [0.717, 1.165) is 25.9 Å². The van der Waals surface area contributed by atoms with Crippen LogP contribution in [0.5, 0.6) is 0 Å². The fourth-order valence-electron chi connectivity index (χ4n) is 1.45. The number of hydrogen-bond donors (Lipinski definition) is 1. The van der Waals surface area contributed by atoms with Crippen LogP contribution in [0.2, 0.25) is 0 Å². The molecule has 0 bridgehead atoms. The largest absolute Gasteiger partial charge is 0.384 e. The number of aliphatic hydroxyl groups excluding tert-OH is 1. The van der Waals surface area contributed by atoms with E-state index in [0.29, 0.717) is 6.61 Å². The lowest BCUT2D eigenvalue weighted by Gasteiger charge is -2.21. The summed E-state index contributed by atoms with van der Waals surface area (Å²) in [6.07, 6.45) is 9.67. The number of allylic oxidation sites excluding steroid dienone is 4. The highest BCUT2D eigenvalue weighted by atomic mass is 16.7. The predicted molar refractivity (Wildman–Crippen MR) is 78.2 cm³/mol. The summed E-state index contributed by atoms with van der Waals surface area (Å²) in [6, 6.07) is 0. The van der Waals surface area contributed by atoms with Crippen LogP contribution in [-0.2, 0) is 9.47 Å². The highest BCUT2D eigenvalue weighted by Crippen LogP contribution is 2.12. The first-order valence-electron chi connectivity index (χ1n) is 6.55. The third-order valence-corrected chi connectivity index (χ3v) is 2.35. The number of rotatable bonds is 2. The van der Waals surface area contributed by atoms with Crippen molar-refractivity contribution in [3.63, 3.8) is 0 Å². The van der Waals surface area contributed by atoms with Gasteiger partial charge in [0.15, 0.2) is 6.29 Å². The Morgan fingerprint density at radius 3 is 2.35 bits per heavy atom. The van der Waals surface area contributed by atoms with E-state index in [1.54, 1.807) is 24.3 Å². The Morgan fingerprint density at radius 2 is 1.70 bits per heavy atom. The Kier molecular flexibility index (Phi) is 9.73. The van der Waals surface area contributed by atoms with Gasteiger partial charge in [-0.1, -0.05) is 35.5 Å². The molecule has 3 nitrogen and oxygen atoms in total. The van der Waals surface area contributed by atoms with Crippen molar-refractivity contribution in [1.82, 2.24) is 0 Å². The number of hydrogen-bond acceptors (Lipinski definition) is 3. The summed E-state index contributed by atoms with van der Waals surface area (Å²) in [6.45, 7) is 1.02. The molecule has 1 heterocycles. The van der Waals surface area contributed by atoms with Gasteiger partial charge in [-0.05, 0) is 43.6 Å². The SMILES string of the molecule is OCC#C/C=C\C#C/C=C\C#CCOC1CCCCO1. The molecule has 1 aliphatic heterocycles. The van der Waals surface area contributed by atoms with Crippen molar-refractivity contribution in [3.8, 4) is 35.5 Å². The van der Waals surface area contributed by atoms with Crippen molar-refractivity contribution in [2.45, 2.75) is 25.6 Å². The quantitative estimate of drug-likeness (QED) is 0.775. The summed E-state index contributed by atoms with van der Waals surface area (Å²) in [4.78, 5) is 0. The lowest BCUT2D eigenvalue weighted by atomic mass is 10.2. The van der Waals surface area contributed by atoms with Crippen LogP contribution >= 0.6 is 0 Å². The van der Waals surface area contributed by atoms with Gasteiger partial charge >= 0.3 is 0 Å². The van der Waals surface area contributed by atoms with E-state index in [1.165, 1.54) is 0 Å². The van der Waals surface area contributed by atoms with Crippen LogP contribution in [0.3, 0.4) is 0 Å². The molecule has 0 amide bonds. The molecule has 20 heavy (non-hydrogen) atoms. The molecule has 1 aliphatic rings. The minimum atomic E-state index is -0.138. The molecular weight excluding hydrogens is 252 g/mol.